The zero-order valence-electron chi connectivity index (χ0n) is 15.9. The van der Waals surface area contributed by atoms with Crippen LogP contribution in [0.5, 0.6) is 0 Å². The van der Waals surface area contributed by atoms with E-state index in [2.05, 4.69) is 12.1 Å². The molecule has 0 aromatic heterocycles. The summed E-state index contributed by atoms with van der Waals surface area (Å²) in [6.07, 6.45) is 4.01. The van der Waals surface area contributed by atoms with Crippen molar-refractivity contribution in [2.24, 2.45) is 0 Å². The van der Waals surface area contributed by atoms with E-state index in [-0.39, 0.29) is 5.97 Å². The first-order valence-corrected chi connectivity index (χ1v) is 8.67. The molecular weight excluding hydrogens is 326 g/mol. The number of hydrogen-bond acceptors (Lipinski definition) is 3. The van der Waals surface area contributed by atoms with Crippen LogP contribution in [0.3, 0.4) is 0 Å². The Morgan fingerprint density at radius 3 is 2.04 bits per heavy atom. The number of esters is 1. The van der Waals surface area contributed by atoms with Gasteiger partial charge in [0.15, 0.2) is 0 Å². The molecule has 2 aromatic rings. The maximum atomic E-state index is 12.7. The number of hydroxylamine groups is 2. The molecule has 0 spiro atoms. The van der Waals surface area contributed by atoms with E-state index in [1.165, 1.54) is 12.2 Å². The van der Waals surface area contributed by atoms with Crippen molar-refractivity contribution in [3.8, 4) is 0 Å². The number of fused-ring (bicyclic) bond motifs is 1. The summed E-state index contributed by atoms with van der Waals surface area (Å²) < 4.78 is 4.71. The summed E-state index contributed by atoms with van der Waals surface area (Å²) in [5.74, 6) is -0.342. The average molecular weight is 350 g/mol. The van der Waals surface area contributed by atoms with Crippen molar-refractivity contribution in [3.05, 3.63) is 70.3 Å². The lowest BCUT2D eigenvalue weighted by molar-refractivity contribution is -0.266. The van der Waals surface area contributed by atoms with Crippen LogP contribution in [0.1, 0.15) is 60.3 Å². The Kier molecular flexibility index (Phi) is 4.51. The molecule has 0 saturated heterocycles. The average Bonchev–Trinajstić information content (AvgIpc) is 2.77. The topological polar surface area (TPSA) is 49.4 Å². The molecule has 4 nitrogen and oxygen atoms in total. The maximum Gasteiger partial charge on any atom is 0.337 e. The lowest BCUT2D eigenvalue weighted by atomic mass is 9.89. The highest BCUT2D eigenvalue weighted by molar-refractivity contribution is 5.89. The van der Waals surface area contributed by atoms with Crippen molar-refractivity contribution < 1.29 is 14.7 Å². The van der Waals surface area contributed by atoms with Crippen LogP contribution in [0.25, 0.3) is 12.2 Å². The van der Waals surface area contributed by atoms with Crippen LogP contribution in [-0.4, -0.2) is 18.1 Å². The molecule has 4 heteroatoms. The van der Waals surface area contributed by atoms with Crippen molar-refractivity contribution in [1.29, 1.82) is 0 Å². The van der Waals surface area contributed by atoms with Crippen molar-refractivity contribution in [2.45, 2.75) is 38.8 Å². The summed E-state index contributed by atoms with van der Waals surface area (Å²) in [5, 5.41) is 13.9. The molecule has 1 aliphatic heterocycles. The molecule has 3 rings (SSSR count). The zero-order valence-corrected chi connectivity index (χ0v) is 15.9. The van der Waals surface area contributed by atoms with E-state index < -0.39 is 11.1 Å². The smallest absolute Gasteiger partial charge is 0.337 e. The fourth-order valence-electron chi connectivity index (χ4n) is 3.66. The van der Waals surface area contributed by atoms with E-state index in [9.17, 15) is 10.0 Å². The Labute approximate surface area is 154 Å². The van der Waals surface area contributed by atoms with E-state index in [0.717, 1.165) is 22.3 Å². The second-order valence-corrected chi connectivity index (χ2v) is 7.66. The number of hydrogen-bond donors (Lipinski definition) is 0. The van der Waals surface area contributed by atoms with Crippen molar-refractivity contribution >= 4 is 18.1 Å². The number of methoxy groups -OCH3 is 1. The number of carbonyl (C=O) groups is 1. The molecule has 0 aliphatic carbocycles. The van der Waals surface area contributed by atoms with Crippen molar-refractivity contribution in [1.82, 2.24) is 5.06 Å². The minimum atomic E-state index is -0.551. The molecule has 1 heterocycles. The highest BCUT2D eigenvalue weighted by Gasteiger charge is 2.49. The fourth-order valence-corrected chi connectivity index (χ4v) is 3.66. The van der Waals surface area contributed by atoms with E-state index >= 15 is 0 Å². The SMILES string of the molecule is COC(=O)c1ccc(/C=C/c2ccc3c(c2)C(C)(C)N([O])C3(C)C)cc1. The van der Waals surface area contributed by atoms with Crippen molar-refractivity contribution in [3.63, 3.8) is 0 Å². The molecule has 0 bridgehead atoms. The van der Waals surface area contributed by atoms with Gasteiger partial charge in [-0.05, 0) is 68.1 Å². The second-order valence-electron chi connectivity index (χ2n) is 7.66. The molecular formula is C22H24NO3. The summed E-state index contributed by atoms with van der Waals surface area (Å²) in [6.45, 7) is 7.86. The largest absolute Gasteiger partial charge is 0.465 e. The van der Waals surface area contributed by atoms with Crippen LogP contribution in [-0.2, 0) is 21.0 Å². The van der Waals surface area contributed by atoms with Gasteiger partial charge in [0.1, 0.15) is 0 Å². The predicted octanol–water partition coefficient (Wildman–Crippen LogP) is 4.77. The standard InChI is InChI=1S/C22H24NO3/c1-21(2)18-13-10-16(14-19(18)22(3,4)23(21)25)7-6-15-8-11-17(12-9-15)20(24)26-5/h6-14H,1-5H3/b7-6+. The Hall–Kier alpha value is -2.43. The highest BCUT2D eigenvalue weighted by Crippen LogP contribution is 2.48. The third-order valence-corrected chi connectivity index (χ3v) is 5.18. The lowest BCUT2D eigenvalue weighted by Gasteiger charge is -2.32. The number of nitrogens with zero attached hydrogens (tertiary/aromatic N) is 1. The van der Waals surface area contributed by atoms with Crippen molar-refractivity contribution in [2.75, 3.05) is 7.11 Å². The molecule has 135 valence electrons. The lowest BCUT2D eigenvalue weighted by Crippen LogP contribution is -2.41. The van der Waals surface area contributed by atoms with Crippen LogP contribution in [0.15, 0.2) is 42.5 Å². The Balaban J connectivity index is 1.88. The normalized spacial score (nSPS) is 18.1. The quantitative estimate of drug-likeness (QED) is 0.591. The molecule has 0 atom stereocenters. The third-order valence-electron chi connectivity index (χ3n) is 5.18. The fraction of sp³-hybridized carbons (Fsp3) is 0.318. The van der Waals surface area contributed by atoms with Gasteiger partial charge < -0.3 is 4.74 Å². The minimum absolute atomic E-state index is 0.342. The van der Waals surface area contributed by atoms with E-state index in [1.807, 2.05) is 58.0 Å². The maximum absolute atomic E-state index is 12.7. The first kappa shape index (κ1) is 18.4. The van der Waals surface area contributed by atoms with E-state index in [1.54, 1.807) is 12.1 Å². The van der Waals surface area contributed by atoms with Gasteiger partial charge in [0.05, 0.1) is 23.8 Å². The summed E-state index contributed by atoms with van der Waals surface area (Å²) in [4.78, 5) is 11.5. The van der Waals surface area contributed by atoms with Crippen LogP contribution in [0.4, 0.5) is 0 Å². The monoisotopic (exact) mass is 350 g/mol. The summed E-state index contributed by atoms with van der Waals surface area (Å²) in [6, 6.07) is 13.4. The third kappa shape index (κ3) is 2.96. The van der Waals surface area contributed by atoms with Crippen LogP contribution >= 0.6 is 0 Å². The Morgan fingerprint density at radius 2 is 1.42 bits per heavy atom. The summed E-state index contributed by atoms with van der Waals surface area (Å²) in [5.41, 5.74) is 3.64. The molecule has 0 amide bonds. The summed E-state index contributed by atoms with van der Waals surface area (Å²) in [7, 11) is 1.37. The number of carbonyl (C=O) groups excluding carboxylic acids is 1. The number of rotatable bonds is 3. The molecule has 1 radical (unpaired) electrons. The van der Waals surface area contributed by atoms with Gasteiger partial charge in [-0.2, -0.15) is 0 Å². The summed E-state index contributed by atoms with van der Waals surface area (Å²) >= 11 is 0. The zero-order chi connectivity index (χ0) is 19.1. The van der Waals surface area contributed by atoms with Gasteiger partial charge in [-0.15, -0.1) is 10.3 Å². The van der Waals surface area contributed by atoms with Gasteiger partial charge in [0, 0.05) is 0 Å². The molecule has 2 aromatic carbocycles. The van der Waals surface area contributed by atoms with Gasteiger partial charge in [0.2, 0.25) is 0 Å². The molecule has 1 aliphatic rings. The second kappa shape index (κ2) is 6.38. The van der Waals surface area contributed by atoms with E-state index in [4.69, 9.17) is 4.74 Å². The van der Waals surface area contributed by atoms with Gasteiger partial charge in [-0.25, -0.2) is 4.79 Å². The molecule has 0 saturated carbocycles. The molecule has 0 N–H and O–H groups in total. The van der Waals surface area contributed by atoms with Crippen LogP contribution < -0.4 is 0 Å². The van der Waals surface area contributed by atoms with Crippen LogP contribution in [0, 0.1) is 0 Å². The Morgan fingerprint density at radius 1 is 0.885 bits per heavy atom. The van der Waals surface area contributed by atoms with Crippen LogP contribution in [0.2, 0.25) is 0 Å². The number of benzene rings is 2. The highest BCUT2D eigenvalue weighted by atomic mass is 16.5. The predicted molar refractivity (Wildman–Crippen MR) is 102 cm³/mol. The number of ether oxygens (including phenoxy) is 1. The van der Waals surface area contributed by atoms with Gasteiger partial charge in [-0.1, -0.05) is 36.4 Å². The van der Waals surface area contributed by atoms with Gasteiger partial charge >= 0.3 is 5.97 Å². The molecule has 26 heavy (non-hydrogen) atoms. The molecule has 0 unspecified atom stereocenters. The minimum Gasteiger partial charge on any atom is -0.465 e. The first-order chi connectivity index (χ1) is 12.2. The Bertz CT molecular complexity index is 863. The van der Waals surface area contributed by atoms with Gasteiger partial charge in [-0.3, -0.25) is 0 Å². The first-order valence-electron chi connectivity index (χ1n) is 8.67. The molecule has 0 fully saturated rings. The van der Waals surface area contributed by atoms with Gasteiger partial charge in [0.25, 0.3) is 0 Å². The van der Waals surface area contributed by atoms with E-state index in [0.29, 0.717) is 5.56 Å².